The largest absolute Gasteiger partial charge is 0.489 e. The molecule has 0 amide bonds. The van der Waals surface area contributed by atoms with Gasteiger partial charge in [-0.15, -0.1) is 11.3 Å². The Balaban J connectivity index is 1.43. The van der Waals surface area contributed by atoms with E-state index in [-0.39, 0.29) is 18.0 Å². The second kappa shape index (κ2) is 8.05. The number of hydrogen-bond donors (Lipinski definition) is 0. The van der Waals surface area contributed by atoms with Crippen molar-refractivity contribution in [3.05, 3.63) is 93.7 Å². The standard InChI is InChI=1S/C24H19FN4O2S/c1-15-23(32-14-26-15)24-27-20-8-7-18(11-21(20)28(24)2)29-10-9-19(12-22(29)30)31-13-16-3-5-17(25)6-4-16/h3-12,14H,13H2,1-2H3. The van der Waals surface area contributed by atoms with Gasteiger partial charge < -0.3 is 9.30 Å². The van der Waals surface area contributed by atoms with Gasteiger partial charge in [0.05, 0.1) is 32.8 Å². The molecule has 3 heterocycles. The second-order valence-electron chi connectivity index (χ2n) is 7.42. The fourth-order valence-corrected chi connectivity index (χ4v) is 4.39. The molecule has 0 bridgehead atoms. The predicted molar refractivity (Wildman–Crippen MR) is 123 cm³/mol. The van der Waals surface area contributed by atoms with E-state index in [1.54, 1.807) is 40.3 Å². The topological polar surface area (TPSA) is 61.9 Å². The lowest BCUT2D eigenvalue weighted by Gasteiger charge is -2.09. The first-order chi connectivity index (χ1) is 15.5. The number of benzene rings is 2. The number of rotatable bonds is 5. The zero-order valence-electron chi connectivity index (χ0n) is 17.4. The van der Waals surface area contributed by atoms with Gasteiger partial charge in [-0.05, 0) is 48.9 Å². The van der Waals surface area contributed by atoms with Crippen LogP contribution in [0.15, 0.2) is 71.1 Å². The monoisotopic (exact) mass is 446 g/mol. The van der Waals surface area contributed by atoms with Crippen molar-refractivity contribution in [1.82, 2.24) is 19.1 Å². The highest BCUT2D eigenvalue weighted by Crippen LogP contribution is 2.30. The van der Waals surface area contributed by atoms with Crippen molar-refractivity contribution in [3.8, 4) is 22.1 Å². The van der Waals surface area contributed by atoms with Gasteiger partial charge in [0.2, 0.25) is 0 Å². The molecule has 160 valence electrons. The van der Waals surface area contributed by atoms with Crippen LogP contribution >= 0.6 is 11.3 Å². The third kappa shape index (κ3) is 3.69. The summed E-state index contributed by atoms with van der Waals surface area (Å²) in [5.74, 6) is 1.02. The van der Waals surface area contributed by atoms with Crippen molar-refractivity contribution in [2.75, 3.05) is 0 Å². The summed E-state index contributed by atoms with van der Waals surface area (Å²) in [6, 6.07) is 15.0. The Hall–Kier alpha value is -3.78. The van der Waals surface area contributed by atoms with Crippen LogP contribution in [-0.4, -0.2) is 19.1 Å². The van der Waals surface area contributed by atoms with Crippen LogP contribution in [0.25, 0.3) is 27.4 Å². The van der Waals surface area contributed by atoms with Crippen LogP contribution in [0, 0.1) is 12.7 Å². The molecule has 8 heteroatoms. The van der Waals surface area contributed by atoms with Crippen molar-refractivity contribution in [2.45, 2.75) is 13.5 Å². The summed E-state index contributed by atoms with van der Waals surface area (Å²) in [4.78, 5) is 22.9. The molecule has 6 nitrogen and oxygen atoms in total. The highest BCUT2D eigenvalue weighted by molar-refractivity contribution is 7.13. The Morgan fingerprint density at radius 1 is 1.09 bits per heavy atom. The number of aryl methyl sites for hydroxylation is 2. The summed E-state index contributed by atoms with van der Waals surface area (Å²) in [5, 5.41) is 0. The van der Waals surface area contributed by atoms with Gasteiger partial charge in [0.15, 0.2) is 5.82 Å². The van der Waals surface area contributed by atoms with E-state index in [9.17, 15) is 9.18 Å². The Morgan fingerprint density at radius 2 is 1.91 bits per heavy atom. The second-order valence-corrected chi connectivity index (χ2v) is 8.27. The van der Waals surface area contributed by atoms with Gasteiger partial charge in [0.1, 0.15) is 18.2 Å². The van der Waals surface area contributed by atoms with E-state index >= 15 is 0 Å². The Kier molecular flexibility index (Phi) is 5.07. The molecule has 0 spiro atoms. The van der Waals surface area contributed by atoms with Crippen LogP contribution < -0.4 is 10.3 Å². The molecular formula is C24H19FN4O2S. The van der Waals surface area contributed by atoms with Crippen LogP contribution in [0.3, 0.4) is 0 Å². The summed E-state index contributed by atoms with van der Waals surface area (Å²) in [7, 11) is 1.96. The number of ether oxygens (including phenoxy) is 1. The van der Waals surface area contributed by atoms with E-state index < -0.39 is 0 Å². The van der Waals surface area contributed by atoms with Crippen molar-refractivity contribution in [2.24, 2.45) is 7.05 Å². The van der Waals surface area contributed by atoms with Crippen LogP contribution in [0.5, 0.6) is 5.75 Å². The molecule has 0 N–H and O–H groups in total. The van der Waals surface area contributed by atoms with E-state index in [0.717, 1.165) is 38.7 Å². The number of halogens is 1. The van der Waals surface area contributed by atoms with Gasteiger partial charge in [0, 0.05) is 19.3 Å². The molecule has 0 fully saturated rings. The van der Waals surface area contributed by atoms with Gasteiger partial charge in [-0.25, -0.2) is 14.4 Å². The number of hydrogen-bond acceptors (Lipinski definition) is 5. The van der Waals surface area contributed by atoms with Crippen LogP contribution in [0.2, 0.25) is 0 Å². The van der Waals surface area contributed by atoms with E-state index in [2.05, 4.69) is 4.98 Å². The van der Waals surface area contributed by atoms with Crippen molar-refractivity contribution in [1.29, 1.82) is 0 Å². The molecule has 32 heavy (non-hydrogen) atoms. The van der Waals surface area contributed by atoms with Crippen molar-refractivity contribution < 1.29 is 9.13 Å². The third-order valence-electron chi connectivity index (χ3n) is 5.30. The minimum Gasteiger partial charge on any atom is -0.489 e. The van der Waals surface area contributed by atoms with Gasteiger partial charge >= 0.3 is 0 Å². The summed E-state index contributed by atoms with van der Waals surface area (Å²) < 4.78 is 22.3. The summed E-state index contributed by atoms with van der Waals surface area (Å²) in [6.45, 7) is 2.22. The fourth-order valence-electron chi connectivity index (χ4n) is 3.56. The molecule has 0 aliphatic carbocycles. The normalized spacial score (nSPS) is 11.2. The highest BCUT2D eigenvalue weighted by atomic mass is 32.1. The first-order valence-electron chi connectivity index (χ1n) is 9.97. The number of thiazole rings is 1. The van der Waals surface area contributed by atoms with E-state index in [4.69, 9.17) is 9.72 Å². The van der Waals surface area contributed by atoms with Crippen molar-refractivity contribution >= 4 is 22.4 Å². The Morgan fingerprint density at radius 3 is 2.62 bits per heavy atom. The number of aromatic nitrogens is 4. The SMILES string of the molecule is Cc1ncsc1-c1nc2ccc(-n3ccc(OCc4ccc(F)cc4)cc3=O)cc2n1C. The van der Waals surface area contributed by atoms with Crippen molar-refractivity contribution in [3.63, 3.8) is 0 Å². The zero-order valence-corrected chi connectivity index (χ0v) is 18.3. The minimum absolute atomic E-state index is 0.207. The summed E-state index contributed by atoms with van der Waals surface area (Å²) >= 11 is 1.56. The zero-order chi connectivity index (χ0) is 22.2. The molecule has 0 saturated carbocycles. The van der Waals surface area contributed by atoms with Crippen LogP contribution in [0.4, 0.5) is 4.39 Å². The molecule has 3 aromatic heterocycles. The Bertz CT molecular complexity index is 1480. The molecule has 0 saturated heterocycles. The maximum Gasteiger partial charge on any atom is 0.258 e. The number of nitrogens with zero attached hydrogens (tertiary/aromatic N) is 4. The molecule has 2 aromatic carbocycles. The summed E-state index contributed by atoms with van der Waals surface area (Å²) in [6.07, 6.45) is 1.69. The smallest absolute Gasteiger partial charge is 0.258 e. The fraction of sp³-hybridized carbons (Fsp3) is 0.125. The maximum absolute atomic E-state index is 13.0. The average molecular weight is 447 g/mol. The van der Waals surface area contributed by atoms with E-state index in [1.165, 1.54) is 18.2 Å². The maximum atomic E-state index is 13.0. The van der Waals surface area contributed by atoms with Gasteiger partial charge in [-0.1, -0.05) is 12.1 Å². The number of imidazole rings is 1. The lowest BCUT2D eigenvalue weighted by atomic mass is 10.2. The Labute approximate surface area is 187 Å². The lowest BCUT2D eigenvalue weighted by molar-refractivity contribution is 0.305. The molecule has 0 radical (unpaired) electrons. The van der Waals surface area contributed by atoms with E-state index in [0.29, 0.717) is 5.75 Å². The molecule has 5 rings (SSSR count). The first-order valence-corrected chi connectivity index (χ1v) is 10.8. The average Bonchev–Trinajstić information content (AvgIpc) is 3.36. The van der Waals surface area contributed by atoms with Gasteiger partial charge in [-0.3, -0.25) is 9.36 Å². The lowest BCUT2D eigenvalue weighted by Crippen LogP contribution is -2.16. The summed E-state index contributed by atoms with van der Waals surface area (Å²) in [5.41, 5.74) is 5.89. The molecule has 0 aliphatic rings. The predicted octanol–water partition coefficient (Wildman–Crippen LogP) is 4.87. The van der Waals surface area contributed by atoms with Gasteiger partial charge in [-0.2, -0.15) is 0 Å². The molecule has 0 atom stereocenters. The van der Waals surface area contributed by atoms with Crippen LogP contribution in [0.1, 0.15) is 11.3 Å². The van der Waals surface area contributed by atoms with Gasteiger partial charge in [0.25, 0.3) is 5.56 Å². The molecule has 0 unspecified atom stereocenters. The minimum atomic E-state index is -0.295. The molecular weight excluding hydrogens is 427 g/mol. The number of pyridine rings is 1. The number of fused-ring (bicyclic) bond motifs is 1. The van der Waals surface area contributed by atoms with Crippen LogP contribution in [-0.2, 0) is 13.7 Å². The first kappa shape index (κ1) is 20.1. The molecule has 0 aliphatic heterocycles. The quantitative estimate of drug-likeness (QED) is 0.386. The molecule has 5 aromatic rings. The third-order valence-corrected chi connectivity index (χ3v) is 6.23. The van der Waals surface area contributed by atoms with E-state index in [1.807, 2.05) is 42.2 Å². The highest BCUT2D eigenvalue weighted by Gasteiger charge is 2.15.